The monoisotopic (exact) mass is 386 g/mol. The molecule has 0 atom stereocenters. The molecule has 3 rings (SSSR count). The Morgan fingerprint density at radius 1 is 1.21 bits per heavy atom. The molecule has 0 bridgehead atoms. The van der Waals surface area contributed by atoms with Crippen molar-refractivity contribution in [2.75, 3.05) is 13.6 Å². The number of rotatable bonds is 4. The van der Waals surface area contributed by atoms with Crippen LogP contribution in [-0.2, 0) is 16.1 Å². The second-order valence-corrected chi connectivity index (χ2v) is 8.46. The van der Waals surface area contributed by atoms with Crippen LogP contribution in [0.5, 0.6) is 5.75 Å². The molecule has 1 fully saturated rings. The second-order valence-electron chi connectivity index (χ2n) is 8.46. The summed E-state index contributed by atoms with van der Waals surface area (Å²) < 4.78 is 6.60. The van der Waals surface area contributed by atoms with Crippen LogP contribution in [0.1, 0.15) is 64.9 Å². The van der Waals surface area contributed by atoms with Gasteiger partial charge in [-0.15, -0.1) is 0 Å². The molecular weight excluding hydrogens is 352 g/mol. The summed E-state index contributed by atoms with van der Waals surface area (Å²) in [5.41, 5.74) is 0.726. The van der Waals surface area contributed by atoms with Crippen molar-refractivity contribution in [3.05, 3.63) is 29.8 Å². The molecule has 1 heterocycles. The minimum absolute atomic E-state index is 0.0718. The lowest BCUT2D eigenvalue weighted by molar-refractivity contribution is -0.140. The minimum atomic E-state index is -0.359. The van der Waals surface area contributed by atoms with Gasteiger partial charge in [0.1, 0.15) is 11.4 Å². The first-order valence-corrected chi connectivity index (χ1v) is 10.7. The van der Waals surface area contributed by atoms with Crippen LogP contribution in [0.25, 0.3) is 0 Å². The van der Waals surface area contributed by atoms with Gasteiger partial charge in [0.2, 0.25) is 11.8 Å². The van der Waals surface area contributed by atoms with Gasteiger partial charge in [-0.3, -0.25) is 9.59 Å². The number of carbonyl (C=O) groups excluding carboxylic acids is 2. The number of para-hydroxylation sites is 1. The lowest BCUT2D eigenvalue weighted by Crippen LogP contribution is -2.53. The maximum Gasteiger partial charge on any atom is 0.226 e. The molecule has 0 radical (unpaired) electrons. The van der Waals surface area contributed by atoms with E-state index in [1.165, 1.54) is 0 Å². The quantitative estimate of drug-likeness (QED) is 0.786. The number of fused-ring (bicyclic) bond motifs is 1. The third-order valence-corrected chi connectivity index (χ3v) is 6.70. The molecule has 1 aliphatic carbocycles. The molecule has 5 nitrogen and oxygen atoms in total. The van der Waals surface area contributed by atoms with E-state index in [4.69, 9.17) is 4.74 Å². The Morgan fingerprint density at radius 3 is 2.46 bits per heavy atom. The van der Waals surface area contributed by atoms with Gasteiger partial charge in [0.15, 0.2) is 0 Å². The molecule has 0 aromatic heterocycles. The van der Waals surface area contributed by atoms with E-state index in [9.17, 15) is 9.59 Å². The predicted molar refractivity (Wildman–Crippen MR) is 110 cm³/mol. The first kappa shape index (κ1) is 20.7. The average molecular weight is 387 g/mol. The Bertz CT molecular complexity index is 706. The highest BCUT2D eigenvalue weighted by Crippen LogP contribution is 2.39. The fourth-order valence-electron chi connectivity index (χ4n) is 4.69. The summed E-state index contributed by atoms with van der Waals surface area (Å²) in [5.74, 6) is 1.33. The van der Waals surface area contributed by atoms with E-state index in [2.05, 4.69) is 19.9 Å². The molecular formula is C23H34N2O3. The topological polar surface area (TPSA) is 49.9 Å². The zero-order valence-corrected chi connectivity index (χ0v) is 17.7. The summed E-state index contributed by atoms with van der Waals surface area (Å²) in [6, 6.07) is 8.36. The van der Waals surface area contributed by atoms with Gasteiger partial charge in [0.25, 0.3) is 0 Å². The Hall–Kier alpha value is -2.04. The lowest BCUT2D eigenvalue weighted by atomic mass is 9.80. The van der Waals surface area contributed by atoms with Crippen LogP contribution in [0.3, 0.4) is 0 Å². The number of ether oxygens (including phenoxy) is 1. The van der Waals surface area contributed by atoms with Gasteiger partial charge < -0.3 is 14.5 Å². The number of hydrogen-bond donors (Lipinski definition) is 0. The van der Waals surface area contributed by atoms with Gasteiger partial charge in [0, 0.05) is 38.0 Å². The number of nitrogens with zero attached hydrogens (tertiary/aromatic N) is 2. The van der Waals surface area contributed by atoms with Crippen LogP contribution in [0.2, 0.25) is 0 Å². The number of carbonyl (C=O) groups is 2. The normalized spacial score (nSPS) is 24.5. The zero-order valence-electron chi connectivity index (χ0n) is 17.7. The Labute approximate surface area is 169 Å². The molecule has 28 heavy (non-hydrogen) atoms. The Morgan fingerprint density at radius 2 is 1.86 bits per heavy atom. The van der Waals surface area contributed by atoms with Gasteiger partial charge in [0.05, 0.1) is 6.54 Å². The highest BCUT2D eigenvalue weighted by Gasteiger charge is 2.43. The van der Waals surface area contributed by atoms with Gasteiger partial charge in [-0.1, -0.05) is 32.0 Å². The van der Waals surface area contributed by atoms with Crippen molar-refractivity contribution in [1.29, 1.82) is 0 Å². The van der Waals surface area contributed by atoms with E-state index < -0.39 is 0 Å². The van der Waals surface area contributed by atoms with E-state index in [0.717, 1.165) is 49.8 Å². The van der Waals surface area contributed by atoms with Crippen LogP contribution in [0.4, 0.5) is 0 Å². The Kier molecular flexibility index (Phi) is 6.31. The fourth-order valence-corrected chi connectivity index (χ4v) is 4.69. The van der Waals surface area contributed by atoms with Crippen LogP contribution in [-0.4, -0.2) is 46.8 Å². The summed E-state index contributed by atoms with van der Waals surface area (Å²) >= 11 is 0. The smallest absolute Gasteiger partial charge is 0.226 e. The molecule has 0 unspecified atom stereocenters. The molecule has 1 aliphatic heterocycles. The average Bonchev–Trinajstić information content (AvgIpc) is 2.85. The summed E-state index contributed by atoms with van der Waals surface area (Å²) in [4.78, 5) is 28.9. The van der Waals surface area contributed by atoms with Gasteiger partial charge in [-0.2, -0.15) is 0 Å². The van der Waals surface area contributed by atoms with Crippen molar-refractivity contribution in [3.8, 4) is 5.75 Å². The van der Waals surface area contributed by atoms with Crippen molar-refractivity contribution in [2.24, 2.45) is 5.92 Å². The highest BCUT2D eigenvalue weighted by molar-refractivity contribution is 5.79. The van der Waals surface area contributed by atoms with Gasteiger partial charge in [-0.05, 0) is 44.6 Å². The number of benzene rings is 1. The van der Waals surface area contributed by atoms with Crippen molar-refractivity contribution < 1.29 is 14.3 Å². The molecule has 2 amide bonds. The van der Waals surface area contributed by atoms with Crippen molar-refractivity contribution in [2.45, 2.75) is 77.5 Å². The molecule has 1 spiro atoms. The number of amides is 2. The van der Waals surface area contributed by atoms with Crippen LogP contribution < -0.4 is 4.74 Å². The summed E-state index contributed by atoms with van der Waals surface area (Å²) in [5, 5.41) is 0. The highest BCUT2D eigenvalue weighted by atomic mass is 16.5. The summed E-state index contributed by atoms with van der Waals surface area (Å²) in [7, 11) is 1.89. The predicted octanol–water partition coefficient (Wildman–Crippen LogP) is 4.00. The zero-order chi connectivity index (χ0) is 20.3. The van der Waals surface area contributed by atoms with Crippen LogP contribution in [0, 0.1) is 5.92 Å². The first-order valence-electron chi connectivity index (χ1n) is 10.7. The molecule has 1 aromatic carbocycles. The molecule has 5 heteroatoms. The van der Waals surface area contributed by atoms with Crippen LogP contribution in [0.15, 0.2) is 24.3 Å². The molecule has 1 aromatic rings. The van der Waals surface area contributed by atoms with E-state index in [1.807, 2.05) is 35.0 Å². The molecule has 0 saturated heterocycles. The minimum Gasteiger partial charge on any atom is -0.485 e. The Balaban J connectivity index is 1.85. The van der Waals surface area contributed by atoms with Crippen molar-refractivity contribution in [1.82, 2.24) is 9.80 Å². The summed E-state index contributed by atoms with van der Waals surface area (Å²) in [6.45, 7) is 7.05. The molecule has 0 N–H and O–H groups in total. The summed E-state index contributed by atoms with van der Waals surface area (Å²) in [6.07, 6.45) is 5.27. The second kappa shape index (κ2) is 8.54. The first-order chi connectivity index (χ1) is 13.4. The van der Waals surface area contributed by atoms with E-state index in [0.29, 0.717) is 13.1 Å². The van der Waals surface area contributed by atoms with Gasteiger partial charge >= 0.3 is 0 Å². The maximum absolute atomic E-state index is 13.2. The largest absolute Gasteiger partial charge is 0.485 e. The maximum atomic E-state index is 13.2. The molecule has 2 aliphatic rings. The third kappa shape index (κ3) is 4.18. The van der Waals surface area contributed by atoms with Crippen molar-refractivity contribution >= 4 is 11.8 Å². The van der Waals surface area contributed by atoms with E-state index >= 15 is 0 Å². The fraction of sp³-hybridized carbons (Fsp3) is 0.652. The SMILES string of the molecule is CCC(CC)C(=O)N1Cc2ccccc2OC2(CCC(N(C)C(C)=O)CC2)C1. The molecule has 1 saturated carbocycles. The van der Waals surface area contributed by atoms with Crippen molar-refractivity contribution in [3.63, 3.8) is 0 Å². The third-order valence-electron chi connectivity index (χ3n) is 6.70. The van der Waals surface area contributed by atoms with E-state index in [-0.39, 0.29) is 29.4 Å². The lowest BCUT2D eigenvalue weighted by Gasteiger charge is -2.43. The van der Waals surface area contributed by atoms with Crippen LogP contribution >= 0.6 is 0 Å². The standard InChI is InChI=1S/C23H34N2O3/c1-5-18(6-2)22(27)25-15-19-9-7-8-10-21(19)28-23(16-25)13-11-20(12-14-23)24(4)17(3)26/h7-10,18,20H,5-6,11-16H2,1-4H3. The number of hydrogen-bond acceptors (Lipinski definition) is 3. The van der Waals surface area contributed by atoms with Gasteiger partial charge in [-0.25, -0.2) is 0 Å². The molecule has 154 valence electrons. The van der Waals surface area contributed by atoms with E-state index in [1.54, 1.807) is 6.92 Å².